The minimum Gasteiger partial charge on any atom is -0.497 e. The molecule has 1 aliphatic heterocycles. The topological polar surface area (TPSA) is 87.9 Å². The maximum atomic E-state index is 12.6. The van der Waals surface area contributed by atoms with E-state index in [1.165, 1.54) is 0 Å². The van der Waals surface area contributed by atoms with Crippen LogP contribution in [0.5, 0.6) is 5.75 Å². The number of Topliss-reactive ketones (excluding diaryl/α,β-unsaturated/α-hetero) is 1. The van der Waals surface area contributed by atoms with Gasteiger partial charge in [-0.05, 0) is 31.0 Å². The second-order valence-corrected chi connectivity index (χ2v) is 5.92. The number of carbonyl (C=O) groups excluding carboxylic acids is 2. The molecule has 0 saturated carbocycles. The Labute approximate surface area is 146 Å². The standard InChI is InChI=1S/C19H21NO5/c1-3-24-19(22)17-15(11-7-9-12(23-2)10-8-11)16-13(21)5-4-6-14(16)25-18(17)20/h7-10,15H,3-6,20H2,1-2H3. The van der Waals surface area contributed by atoms with Crippen LogP contribution in [0.1, 0.15) is 37.7 Å². The first-order valence-electron chi connectivity index (χ1n) is 8.31. The number of esters is 1. The van der Waals surface area contributed by atoms with Crippen LogP contribution in [0.4, 0.5) is 0 Å². The third-order valence-electron chi connectivity index (χ3n) is 4.43. The van der Waals surface area contributed by atoms with Gasteiger partial charge in [-0.15, -0.1) is 0 Å². The molecule has 0 saturated heterocycles. The Balaban J connectivity index is 2.13. The molecular weight excluding hydrogens is 322 g/mol. The number of nitrogens with two attached hydrogens (primary N) is 1. The van der Waals surface area contributed by atoms with Gasteiger partial charge in [-0.1, -0.05) is 12.1 Å². The normalized spacial score (nSPS) is 20.1. The molecule has 1 aromatic carbocycles. The third kappa shape index (κ3) is 3.12. The van der Waals surface area contributed by atoms with Gasteiger partial charge in [-0.2, -0.15) is 0 Å². The van der Waals surface area contributed by atoms with Crippen molar-refractivity contribution in [1.82, 2.24) is 0 Å². The molecule has 1 heterocycles. The molecule has 1 atom stereocenters. The summed E-state index contributed by atoms with van der Waals surface area (Å²) in [7, 11) is 1.58. The van der Waals surface area contributed by atoms with Crippen LogP contribution in [0.2, 0.25) is 0 Å². The Kier molecular flexibility index (Phi) is 4.79. The van der Waals surface area contributed by atoms with Crippen molar-refractivity contribution in [3.63, 3.8) is 0 Å². The predicted octanol–water partition coefficient (Wildman–Crippen LogP) is 2.55. The molecule has 132 valence electrons. The van der Waals surface area contributed by atoms with Gasteiger partial charge >= 0.3 is 5.97 Å². The number of ether oxygens (including phenoxy) is 3. The van der Waals surface area contributed by atoms with E-state index in [0.717, 1.165) is 12.0 Å². The van der Waals surface area contributed by atoms with Gasteiger partial charge in [0.25, 0.3) is 0 Å². The zero-order valence-corrected chi connectivity index (χ0v) is 14.3. The number of hydrogen-bond acceptors (Lipinski definition) is 6. The monoisotopic (exact) mass is 343 g/mol. The second-order valence-electron chi connectivity index (χ2n) is 5.92. The molecule has 0 bridgehead atoms. The van der Waals surface area contributed by atoms with Gasteiger partial charge in [0.15, 0.2) is 5.78 Å². The van der Waals surface area contributed by atoms with Gasteiger partial charge in [-0.25, -0.2) is 4.79 Å². The van der Waals surface area contributed by atoms with Crippen molar-refractivity contribution in [1.29, 1.82) is 0 Å². The lowest BCUT2D eigenvalue weighted by Crippen LogP contribution is -2.31. The number of allylic oxidation sites excluding steroid dienone is 2. The van der Waals surface area contributed by atoms with E-state index < -0.39 is 11.9 Å². The predicted molar refractivity (Wildman–Crippen MR) is 90.6 cm³/mol. The van der Waals surface area contributed by atoms with Gasteiger partial charge in [-0.3, -0.25) is 4.79 Å². The van der Waals surface area contributed by atoms with E-state index in [1.54, 1.807) is 26.2 Å². The largest absolute Gasteiger partial charge is 0.497 e. The molecule has 1 aliphatic carbocycles. The fourth-order valence-corrected chi connectivity index (χ4v) is 3.29. The number of hydrogen-bond donors (Lipinski definition) is 1. The van der Waals surface area contributed by atoms with E-state index in [0.29, 0.717) is 29.9 Å². The van der Waals surface area contributed by atoms with Gasteiger partial charge in [0, 0.05) is 18.4 Å². The Morgan fingerprint density at radius 2 is 2.00 bits per heavy atom. The van der Waals surface area contributed by atoms with Gasteiger partial charge < -0.3 is 19.9 Å². The van der Waals surface area contributed by atoms with Crippen LogP contribution in [0.3, 0.4) is 0 Å². The van der Waals surface area contributed by atoms with E-state index in [4.69, 9.17) is 19.9 Å². The first-order valence-corrected chi connectivity index (χ1v) is 8.31. The second kappa shape index (κ2) is 7.01. The zero-order valence-electron chi connectivity index (χ0n) is 14.3. The third-order valence-corrected chi connectivity index (χ3v) is 4.43. The van der Waals surface area contributed by atoms with Crippen LogP contribution in [0.25, 0.3) is 0 Å². The van der Waals surface area contributed by atoms with Crippen molar-refractivity contribution in [3.05, 3.63) is 52.6 Å². The van der Waals surface area contributed by atoms with Crippen LogP contribution in [0, 0.1) is 0 Å². The van der Waals surface area contributed by atoms with E-state index in [9.17, 15) is 9.59 Å². The minimum absolute atomic E-state index is 0.00715. The van der Waals surface area contributed by atoms with Crippen LogP contribution in [-0.4, -0.2) is 25.5 Å². The van der Waals surface area contributed by atoms with Crippen molar-refractivity contribution in [2.45, 2.75) is 32.1 Å². The molecule has 25 heavy (non-hydrogen) atoms. The van der Waals surface area contributed by atoms with Crippen LogP contribution >= 0.6 is 0 Å². The molecule has 2 N–H and O–H groups in total. The summed E-state index contributed by atoms with van der Waals surface area (Å²) >= 11 is 0. The number of benzene rings is 1. The van der Waals surface area contributed by atoms with Crippen molar-refractivity contribution in [2.24, 2.45) is 5.73 Å². The lowest BCUT2D eigenvalue weighted by atomic mass is 9.77. The quantitative estimate of drug-likeness (QED) is 0.845. The van der Waals surface area contributed by atoms with E-state index in [-0.39, 0.29) is 23.8 Å². The highest BCUT2D eigenvalue weighted by Gasteiger charge is 2.41. The highest BCUT2D eigenvalue weighted by atomic mass is 16.5. The van der Waals surface area contributed by atoms with Crippen molar-refractivity contribution in [3.8, 4) is 5.75 Å². The summed E-state index contributed by atoms with van der Waals surface area (Å²) in [6, 6.07) is 7.23. The van der Waals surface area contributed by atoms with Crippen LogP contribution in [0.15, 0.2) is 47.1 Å². The average molecular weight is 343 g/mol. The Hall–Kier alpha value is -2.76. The summed E-state index contributed by atoms with van der Waals surface area (Å²) in [5.41, 5.74) is 7.50. The minimum atomic E-state index is -0.582. The van der Waals surface area contributed by atoms with Gasteiger partial charge in [0.1, 0.15) is 17.1 Å². The van der Waals surface area contributed by atoms with Crippen LogP contribution in [-0.2, 0) is 19.1 Å². The average Bonchev–Trinajstić information content (AvgIpc) is 2.61. The van der Waals surface area contributed by atoms with Crippen molar-refractivity contribution < 1.29 is 23.8 Å². The summed E-state index contributed by atoms with van der Waals surface area (Å²) < 4.78 is 16.0. The Morgan fingerprint density at radius 3 is 2.64 bits per heavy atom. The summed E-state index contributed by atoms with van der Waals surface area (Å²) in [6.45, 7) is 1.93. The lowest BCUT2D eigenvalue weighted by Gasteiger charge is -2.32. The fraction of sp³-hybridized carbons (Fsp3) is 0.368. The Bertz CT molecular complexity index is 761. The van der Waals surface area contributed by atoms with E-state index in [1.807, 2.05) is 12.1 Å². The summed E-state index contributed by atoms with van der Waals surface area (Å²) in [6.07, 6.45) is 1.78. The fourth-order valence-electron chi connectivity index (χ4n) is 3.29. The van der Waals surface area contributed by atoms with Crippen molar-refractivity contribution >= 4 is 11.8 Å². The maximum Gasteiger partial charge on any atom is 0.340 e. The van der Waals surface area contributed by atoms with Gasteiger partial charge in [0.05, 0.1) is 19.6 Å². The molecule has 0 amide bonds. The highest BCUT2D eigenvalue weighted by Crippen LogP contribution is 2.44. The molecular formula is C19H21NO5. The number of methoxy groups -OCH3 is 1. The summed E-state index contributed by atoms with van der Waals surface area (Å²) in [5, 5.41) is 0. The number of rotatable bonds is 4. The molecule has 0 fully saturated rings. The molecule has 2 aliphatic rings. The number of carbonyl (C=O) groups is 2. The van der Waals surface area contributed by atoms with Crippen LogP contribution < -0.4 is 10.5 Å². The first-order chi connectivity index (χ1) is 12.1. The molecule has 6 heteroatoms. The molecule has 0 spiro atoms. The first kappa shape index (κ1) is 17.1. The summed E-state index contributed by atoms with van der Waals surface area (Å²) in [5.74, 6) is 0.0913. The molecule has 1 unspecified atom stereocenters. The molecule has 0 radical (unpaired) electrons. The molecule has 0 aromatic heterocycles. The Morgan fingerprint density at radius 1 is 1.28 bits per heavy atom. The summed E-state index contributed by atoms with van der Waals surface area (Å²) in [4.78, 5) is 25.1. The molecule has 6 nitrogen and oxygen atoms in total. The number of ketones is 1. The smallest absolute Gasteiger partial charge is 0.340 e. The zero-order chi connectivity index (χ0) is 18.0. The highest BCUT2D eigenvalue weighted by molar-refractivity contribution is 6.03. The maximum absolute atomic E-state index is 12.6. The molecule has 3 rings (SSSR count). The lowest BCUT2D eigenvalue weighted by molar-refractivity contribution is -0.139. The molecule has 1 aromatic rings. The van der Waals surface area contributed by atoms with Crippen molar-refractivity contribution in [2.75, 3.05) is 13.7 Å². The van der Waals surface area contributed by atoms with Gasteiger partial charge in [0.2, 0.25) is 5.88 Å². The van der Waals surface area contributed by atoms with E-state index in [2.05, 4.69) is 0 Å². The van der Waals surface area contributed by atoms with E-state index >= 15 is 0 Å². The SMILES string of the molecule is CCOC(=O)C1=C(N)OC2=C(C(=O)CCC2)C1c1ccc(OC)cc1.